The van der Waals surface area contributed by atoms with E-state index in [1.165, 1.54) is 0 Å². The summed E-state index contributed by atoms with van der Waals surface area (Å²) in [6.07, 6.45) is 0.956. The second kappa shape index (κ2) is 3.68. The molecular weight excluding hydrogens is 164 g/mol. The fraction of sp³-hybridized carbons (Fsp3) is 0.300. The quantitative estimate of drug-likeness (QED) is 0.643. The first kappa shape index (κ1) is 8.41. The maximum atomic E-state index is 10.7. The molecule has 1 aromatic rings. The summed E-state index contributed by atoms with van der Waals surface area (Å²) in [5.74, 6) is 0. The number of carbonyl (C=O) groups is 1. The third kappa shape index (κ3) is 1.61. The molecule has 3 heteroatoms. The Morgan fingerprint density at radius 1 is 1.23 bits per heavy atom. The van der Waals surface area contributed by atoms with Crippen LogP contribution in [0.25, 0.3) is 0 Å². The van der Waals surface area contributed by atoms with E-state index in [0.29, 0.717) is 6.67 Å². The lowest BCUT2D eigenvalue weighted by Crippen LogP contribution is -2.27. The zero-order chi connectivity index (χ0) is 9.10. The third-order valence-corrected chi connectivity index (χ3v) is 2.32. The van der Waals surface area contributed by atoms with Crippen molar-refractivity contribution in [3.63, 3.8) is 0 Å². The highest BCUT2D eigenvalue weighted by molar-refractivity contribution is 5.60. The smallest absolute Gasteiger partial charge is 0.138 e. The molecule has 1 aliphatic rings. The molecule has 0 saturated carbocycles. The first-order chi connectivity index (χ1) is 6.42. The summed E-state index contributed by atoms with van der Waals surface area (Å²) in [5.41, 5.74) is 1.16. The molecule has 0 bridgehead atoms. The Balaban J connectivity index is 2.21. The molecule has 1 heterocycles. The molecule has 0 aliphatic carbocycles. The summed E-state index contributed by atoms with van der Waals surface area (Å²) >= 11 is 0. The van der Waals surface area contributed by atoms with Gasteiger partial charge in [0.2, 0.25) is 0 Å². The second-order valence-corrected chi connectivity index (χ2v) is 3.14. The average molecular weight is 176 g/mol. The number of benzene rings is 1. The maximum absolute atomic E-state index is 10.7. The molecular formula is C10H12N2O. The molecule has 1 aromatic carbocycles. The minimum atomic E-state index is -0.0950. The van der Waals surface area contributed by atoms with Crippen molar-refractivity contribution in [3.05, 3.63) is 35.9 Å². The van der Waals surface area contributed by atoms with E-state index in [4.69, 9.17) is 0 Å². The number of rotatable bonds is 2. The molecule has 1 aliphatic heterocycles. The van der Waals surface area contributed by atoms with Gasteiger partial charge in [-0.3, -0.25) is 10.6 Å². The van der Waals surface area contributed by atoms with E-state index < -0.39 is 0 Å². The summed E-state index contributed by atoms with van der Waals surface area (Å²) < 4.78 is 0. The predicted octanol–water partition coefficient (Wildman–Crippen LogP) is 0.445. The van der Waals surface area contributed by atoms with Crippen LogP contribution in [0.5, 0.6) is 0 Å². The third-order valence-electron chi connectivity index (χ3n) is 2.32. The van der Waals surface area contributed by atoms with Crippen LogP contribution in [0.15, 0.2) is 30.3 Å². The Kier molecular flexibility index (Phi) is 2.38. The molecule has 2 atom stereocenters. The number of carbonyl (C=O) groups excluding carboxylic acids is 1. The van der Waals surface area contributed by atoms with Crippen LogP contribution in [0, 0.1) is 0 Å². The van der Waals surface area contributed by atoms with Gasteiger partial charge in [-0.05, 0) is 5.56 Å². The van der Waals surface area contributed by atoms with Gasteiger partial charge in [0.15, 0.2) is 0 Å². The second-order valence-electron chi connectivity index (χ2n) is 3.14. The maximum Gasteiger partial charge on any atom is 0.138 e. The molecule has 2 rings (SSSR count). The highest BCUT2D eigenvalue weighted by Crippen LogP contribution is 2.18. The van der Waals surface area contributed by atoms with Gasteiger partial charge in [0, 0.05) is 6.67 Å². The van der Waals surface area contributed by atoms with E-state index in [9.17, 15) is 4.79 Å². The van der Waals surface area contributed by atoms with Gasteiger partial charge in [-0.1, -0.05) is 30.3 Å². The normalized spacial score (nSPS) is 27.4. The molecule has 0 amide bonds. The molecule has 3 nitrogen and oxygen atoms in total. The average Bonchev–Trinajstić information content (AvgIpc) is 2.67. The highest BCUT2D eigenvalue weighted by Gasteiger charge is 2.26. The van der Waals surface area contributed by atoms with E-state index in [2.05, 4.69) is 10.6 Å². The van der Waals surface area contributed by atoms with Gasteiger partial charge in [0.1, 0.15) is 6.29 Å². The first-order valence-electron chi connectivity index (χ1n) is 4.39. The monoisotopic (exact) mass is 176 g/mol. The van der Waals surface area contributed by atoms with Gasteiger partial charge in [0.05, 0.1) is 12.1 Å². The van der Waals surface area contributed by atoms with Gasteiger partial charge >= 0.3 is 0 Å². The summed E-state index contributed by atoms with van der Waals surface area (Å²) in [6, 6.07) is 10.0. The summed E-state index contributed by atoms with van der Waals surface area (Å²) in [5, 5.41) is 6.31. The van der Waals surface area contributed by atoms with Crippen molar-refractivity contribution < 1.29 is 4.79 Å². The van der Waals surface area contributed by atoms with Gasteiger partial charge < -0.3 is 4.79 Å². The number of hydrogen-bond donors (Lipinski definition) is 2. The molecule has 13 heavy (non-hydrogen) atoms. The minimum absolute atomic E-state index is 0.0950. The SMILES string of the molecule is O=CC1NCNC1c1ccccc1. The van der Waals surface area contributed by atoms with Crippen LogP contribution < -0.4 is 10.6 Å². The topological polar surface area (TPSA) is 41.1 Å². The van der Waals surface area contributed by atoms with Crippen LogP contribution in [0.4, 0.5) is 0 Å². The molecule has 1 fully saturated rings. The van der Waals surface area contributed by atoms with Gasteiger partial charge in [-0.2, -0.15) is 0 Å². The fourth-order valence-corrected chi connectivity index (χ4v) is 1.64. The Labute approximate surface area is 77.1 Å². The standard InChI is InChI=1S/C10H12N2O/c13-6-9-10(12-7-11-9)8-4-2-1-3-5-8/h1-6,9-12H,7H2. The summed E-state index contributed by atoms with van der Waals surface area (Å²) in [6.45, 7) is 0.697. The van der Waals surface area contributed by atoms with Crippen molar-refractivity contribution in [2.75, 3.05) is 6.67 Å². The van der Waals surface area contributed by atoms with Crippen LogP contribution in [0.2, 0.25) is 0 Å². The summed E-state index contributed by atoms with van der Waals surface area (Å²) in [4.78, 5) is 10.7. The Bertz CT molecular complexity index is 286. The lowest BCUT2D eigenvalue weighted by Gasteiger charge is -2.13. The van der Waals surface area contributed by atoms with Crippen molar-refractivity contribution in [2.24, 2.45) is 0 Å². The number of aldehydes is 1. The molecule has 2 unspecified atom stereocenters. The van der Waals surface area contributed by atoms with Crippen LogP contribution >= 0.6 is 0 Å². The van der Waals surface area contributed by atoms with Gasteiger partial charge in [-0.15, -0.1) is 0 Å². The Morgan fingerprint density at radius 2 is 2.00 bits per heavy atom. The highest BCUT2D eigenvalue weighted by atomic mass is 16.1. The molecule has 68 valence electrons. The Hall–Kier alpha value is -1.19. The largest absolute Gasteiger partial charge is 0.302 e. The van der Waals surface area contributed by atoms with Crippen molar-refractivity contribution in [1.82, 2.24) is 10.6 Å². The van der Waals surface area contributed by atoms with Crippen molar-refractivity contribution in [2.45, 2.75) is 12.1 Å². The number of hydrogen-bond acceptors (Lipinski definition) is 3. The van der Waals surface area contributed by atoms with E-state index in [1.807, 2.05) is 30.3 Å². The van der Waals surface area contributed by atoms with Crippen LogP contribution in [0.3, 0.4) is 0 Å². The zero-order valence-corrected chi connectivity index (χ0v) is 7.23. The van der Waals surface area contributed by atoms with Crippen molar-refractivity contribution in [3.8, 4) is 0 Å². The van der Waals surface area contributed by atoms with Crippen molar-refractivity contribution >= 4 is 6.29 Å². The molecule has 0 spiro atoms. The molecule has 2 N–H and O–H groups in total. The van der Waals surface area contributed by atoms with E-state index in [1.54, 1.807) is 0 Å². The zero-order valence-electron chi connectivity index (χ0n) is 7.23. The van der Waals surface area contributed by atoms with E-state index in [0.717, 1.165) is 11.8 Å². The number of nitrogens with one attached hydrogen (secondary N) is 2. The summed E-state index contributed by atoms with van der Waals surface area (Å²) in [7, 11) is 0. The van der Waals surface area contributed by atoms with Gasteiger partial charge in [-0.25, -0.2) is 0 Å². The van der Waals surface area contributed by atoms with Crippen molar-refractivity contribution in [1.29, 1.82) is 0 Å². The molecule has 1 saturated heterocycles. The molecule has 0 aromatic heterocycles. The van der Waals surface area contributed by atoms with Crippen LogP contribution in [0.1, 0.15) is 11.6 Å². The van der Waals surface area contributed by atoms with Crippen LogP contribution in [-0.4, -0.2) is 19.0 Å². The molecule has 0 radical (unpaired) electrons. The Morgan fingerprint density at radius 3 is 2.69 bits per heavy atom. The van der Waals surface area contributed by atoms with E-state index in [-0.39, 0.29) is 12.1 Å². The lowest BCUT2D eigenvalue weighted by atomic mass is 10.0. The van der Waals surface area contributed by atoms with Gasteiger partial charge in [0.25, 0.3) is 0 Å². The van der Waals surface area contributed by atoms with E-state index >= 15 is 0 Å². The predicted molar refractivity (Wildman–Crippen MR) is 50.2 cm³/mol. The minimum Gasteiger partial charge on any atom is -0.302 e. The van der Waals surface area contributed by atoms with Crippen LogP contribution in [-0.2, 0) is 4.79 Å². The first-order valence-corrected chi connectivity index (χ1v) is 4.39. The lowest BCUT2D eigenvalue weighted by molar-refractivity contribution is -0.109. The fourth-order valence-electron chi connectivity index (χ4n) is 1.64.